The molecule has 15 heavy (non-hydrogen) atoms. The minimum atomic E-state index is -0.288. The van der Waals surface area contributed by atoms with Crippen LogP contribution in [0, 0.1) is 25.7 Å². The van der Waals surface area contributed by atoms with Gasteiger partial charge in [0.15, 0.2) is 0 Å². The van der Waals surface area contributed by atoms with E-state index in [9.17, 15) is 4.79 Å². The molecule has 1 rings (SSSR count). The number of aryl methyl sites for hydroxylation is 2. The lowest BCUT2D eigenvalue weighted by molar-refractivity contribution is -0.141. The van der Waals surface area contributed by atoms with Crippen LogP contribution < -0.4 is 0 Å². The van der Waals surface area contributed by atoms with E-state index in [0.717, 1.165) is 17.0 Å². The van der Waals surface area contributed by atoms with Crippen molar-refractivity contribution in [3.8, 4) is 11.8 Å². The summed E-state index contributed by atoms with van der Waals surface area (Å²) in [5.41, 5.74) is 2.63. The van der Waals surface area contributed by atoms with Gasteiger partial charge in [-0.05, 0) is 20.8 Å². The molecule has 1 aromatic rings. The lowest BCUT2D eigenvalue weighted by atomic mass is 10.2. The third-order valence-corrected chi connectivity index (χ3v) is 1.88. The second kappa shape index (κ2) is 5.20. The Hall–Kier alpha value is -1.76. The SMILES string of the molecule is CCOC(=O)CC#Cc1c(C)n[nH]c1C. The van der Waals surface area contributed by atoms with Crippen LogP contribution in [0.25, 0.3) is 0 Å². The molecule has 0 unspecified atom stereocenters. The fraction of sp³-hybridized carbons (Fsp3) is 0.455. The van der Waals surface area contributed by atoms with Crippen molar-refractivity contribution in [2.45, 2.75) is 27.2 Å². The quantitative estimate of drug-likeness (QED) is 0.586. The number of carbonyl (C=O) groups excluding carboxylic acids is 1. The molecule has 4 heteroatoms. The fourth-order valence-corrected chi connectivity index (χ4v) is 1.15. The number of hydrogen-bond acceptors (Lipinski definition) is 3. The summed E-state index contributed by atoms with van der Waals surface area (Å²) in [4.78, 5) is 11.0. The van der Waals surface area contributed by atoms with Gasteiger partial charge in [0.1, 0.15) is 6.42 Å². The second-order valence-electron chi connectivity index (χ2n) is 3.09. The van der Waals surface area contributed by atoms with Crippen LogP contribution in [0.1, 0.15) is 30.3 Å². The summed E-state index contributed by atoms with van der Waals surface area (Å²) in [5, 5.41) is 6.84. The summed E-state index contributed by atoms with van der Waals surface area (Å²) in [5.74, 6) is 5.39. The summed E-state index contributed by atoms with van der Waals surface area (Å²) < 4.78 is 4.76. The summed E-state index contributed by atoms with van der Waals surface area (Å²) >= 11 is 0. The van der Waals surface area contributed by atoms with Crippen molar-refractivity contribution < 1.29 is 9.53 Å². The van der Waals surface area contributed by atoms with Crippen LogP contribution in [0.4, 0.5) is 0 Å². The number of ether oxygens (including phenoxy) is 1. The molecule has 0 saturated heterocycles. The minimum absolute atomic E-state index is 0.123. The molecule has 1 heterocycles. The van der Waals surface area contributed by atoms with E-state index in [2.05, 4.69) is 22.0 Å². The molecule has 1 N–H and O–H groups in total. The first-order valence-corrected chi connectivity index (χ1v) is 4.81. The number of esters is 1. The van der Waals surface area contributed by atoms with Crippen LogP contribution in [0.15, 0.2) is 0 Å². The van der Waals surface area contributed by atoms with Gasteiger partial charge in [-0.3, -0.25) is 9.89 Å². The highest BCUT2D eigenvalue weighted by Crippen LogP contribution is 2.06. The van der Waals surface area contributed by atoms with Gasteiger partial charge in [-0.15, -0.1) is 0 Å². The molecule has 0 bridgehead atoms. The third kappa shape index (κ3) is 3.13. The van der Waals surface area contributed by atoms with Gasteiger partial charge in [0.2, 0.25) is 0 Å². The lowest BCUT2D eigenvalue weighted by Gasteiger charge is -1.94. The number of rotatable bonds is 2. The number of hydrogen-bond donors (Lipinski definition) is 1. The first kappa shape index (κ1) is 11.3. The molecular weight excluding hydrogens is 192 g/mol. The number of carbonyl (C=O) groups is 1. The van der Waals surface area contributed by atoms with Crippen molar-refractivity contribution in [2.24, 2.45) is 0 Å². The third-order valence-electron chi connectivity index (χ3n) is 1.88. The summed E-state index contributed by atoms with van der Waals surface area (Å²) in [6, 6.07) is 0. The van der Waals surface area contributed by atoms with Crippen molar-refractivity contribution in [3.63, 3.8) is 0 Å². The monoisotopic (exact) mass is 206 g/mol. The maximum atomic E-state index is 11.0. The smallest absolute Gasteiger partial charge is 0.317 e. The Morgan fingerprint density at radius 2 is 2.27 bits per heavy atom. The fourth-order valence-electron chi connectivity index (χ4n) is 1.15. The van der Waals surface area contributed by atoms with Crippen LogP contribution in [-0.4, -0.2) is 22.8 Å². The minimum Gasteiger partial charge on any atom is -0.465 e. The van der Waals surface area contributed by atoms with Crippen molar-refractivity contribution in [1.29, 1.82) is 0 Å². The summed E-state index contributed by atoms with van der Waals surface area (Å²) in [6.45, 7) is 5.94. The van der Waals surface area contributed by atoms with Crippen molar-refractivity contribution in [1.82, 2.24) is 10.2 Å². The lowest BCUT2D eigenvalue weighted by Crippen LogP contribution is -2.01. The number of nitrogens with one attached hydrogen (secondary N) is 1. The Kier molecular flexibility index (Phi) is 3.92. The van der Waals surface area contributed by atoms with Gasteiger partial charge < -0.3 is 4.74 Å². The number of H-pyrrole nitrogens is 1. The highest BCUT2D eigenvalue weighted by Gasteiger charge is 2.02. The first-order chi connectivity index (χ1) is 7.15. The molecule has 80 valence electrons. The average molecular weight is 206 g/mol. The van der Waals surface area contributed by atoms with Gasteiger partial charge in [-0.2, -0.15) is 5.10 Å². The molecule has 0 spiro atoms. The zero-order valence-electron chi connectivity index (χ0n) is 9.18. The highest BCUT2D eigenvalue weighted by atomic mass is 16.5. The molecule has 0 atom stereocenters. The topological polar surface area (TPSA) is 55.0 Å². The average Bonchev–Trinajstić information content (AvgIpc) is 2.49. The van der Waals surface area contributed by atoms with Gasteiger partial charge in [0.25, 0.3) is 0 Å². The Balaban J connectivity index is 2.62. The van der Waals surface area contributed by atoms with Gasteiger partial charge in [0.05, 0.1) is 17.9 Å². The number of aromatic nitrogens is 2. The van der Waals surface area contributed by atoms with Crippen molar-refractivity contribution >= 4 is 5.97 Å². The van der Waals surface area contributed by atoms with E-state index in [0.29, 0.717) is 6.61 Å². The molecule has 0 fully saturated rings. The van der Waals surface area contributed by atoms with Crippen molar-refractivity contribution in [2.75, 3.05) is 6.61 Å². The van der Waals surface area contributed by atoms with Crippen LogP contribution in [-0.2, 0) is 9.53 Å². The van der Waals surface area contributed by atoms with E-state index >= 15 is 0 Å². The second-order valence-corrected chi connectivity index (χ2v) is 3.09. The van der Waals surface area contributed by atoms with Gasteiger partial charge in [-0.25, -0.2) is 0 Å². The molecule has 0 aromatic carbocycles. The Morgan fingerprint density at radius 1 is 1.53 bits per heavy atom. The molecule has 1 aromatic heterocycles. The first-order valence-electron chi connectivity index (χ1n) is 4.81. The van der Waals surface area contributed by atoms with E-state index < -0.39 is 0 Å². The summed E-state index contributed by atoms with van der Waals surface area (Å²) in [6.07, 6.45) is 0.123. The van der Waals surface area contributed by atoms with Crippen LogP contribution in [0.5, 0.6) is 0 Å². The molecule has 0 saturated carbocycles. The molecular formula is C11H14N2O2. The van der Waals surface area contributed by atoms with Crippen LogP contribution >= 0.6 is 0 Å². The standard InChI is InChI=1S/C11H14N2O2/c1-4-15-11(14)7-5-6-10-8(2)12-13-9(10)3/h4,7H2,1-3H3,(H,12,13). The molecule has 4 nitrogen and oxygen atoms in total. The predicted octanol–water partition coefficient (Wildman–Crippen LogP) is 1.33. The van der Waals surface area contributed by atoms with E-state index in [-0.39, 0.29) is 12.4 Å². The molecule has 0 aliphatic heterocycles. The molecule has 0 aliphatic rings. The molecule has 0 aliphatic carbocycles. The van der Waals surface area contributed by atoms with E-state index in [1.54, 1.807) is 6.92 Å². The largest absolute Gasteiger partial charge is 0.465 e. The maximum Gasteiger partial charge on any atom is 0.317 e. The van der Waals surface area contributed by atoms with Crippen LogP contribution in [0.2, 0.25) is 0 Å². The van der Waals surface area contributed by atoms with E-state index in [1.165, 1.54) is 0 Å². The van der Waals surface area contributed by atoms with Gasteiger partial charge >= 0.3 is 5.97 Å². The molecule has 0 radical (unpaired) electrons. The van der Waals surface area contributed by atoms with Gasteiger partial charge in [-0.1, -0.05) is 11.8 Å². The van der Waals surface area contributed by atoms with Crippen molar-refractivity contribution in [3.05, 3.63) is 17.0 Å². The number of aromatic amines is 1. The maximum absolute atomic E-state index is 11.0. The van der Waals surface area contributed by atoms with Gasteiger partial charge in [0, 0.05) is 5.69 Å². The van der Waals surface area contributed by atoms with Crippen LogP contribution in [0.3, 0.4) is 0 Å². The number of nitrogens with zero attached hydrogens (tertiary/aromatic N) is 1. The zero-order chi connectivity index (χ0) is 11.3. The van der Waals surface area contributed by atoms with E-state index in [4.69, 9.17) is 4.74 Å². The van der Waals surface area contributed by atoms with E-state index in [1.807, 2.05) is 13.8 Å². The zero-order valence-corrected chi connectivity index (χ0v) is 9.18. The highest BCUT2D eigenvalue weighted by molar-refractivity contribution is 5.72. The Labute approximate surface area is 89.0 Å². The normalized spacial score (nSPS) is 9.27. The molecule has 0 amide bonds. The predicted molar refractivity (Wildman–Crippen MR) is 56.2 cm³/mol. The Morgan fingerprint density at radius 3 is 2.80 bits per heavy atom. The summed E-state index contributed by atoms with van der Waals surface area (Å²) in [7, 11) is 0. The Bertz CT molecular complexity index is 390.